The van der Waals surface area contributed by atoms with Crippen LogP contribution in [0, 0.1) is 17.2 Å². The van der Waals surface area contributed by atoms with Crippen molar-refractivity contribution in [1.82, 2.24) is 10.2 Å². The van der Waals surface area contributed by atoms with E-state index in [1.54, 1.807) is 6.07 Å². The quantitative estimate of drug-likeness (QED) is 0.499. The number of carbonyl (C=O) groups is 4. The molecule has 3 atom stereocenters. The minimum Gasteiger partial charge on any atom is -0.448 e. The summed E-state index contributed by atoms with van der Waals surface area (Å²) in [5, 5.41) is 12.2. The first-order chi connectivity index (χ1) is 19.3. The summed E-state index contributed by atoms with van der Waals surface area (Å²) in [6, 6.07) is 17.1. The highest BCUT2D eigenvalue weighted by atomic mass is 16.6. The molecule has 0 bridgehead atoms. The van der Waals surface area contributed by atoms with E-state index in [9.17, 15) is 24.4 Å². The molecule has 2 aliphatic heterocycles. The van der Waals surface area contributed by atoms with E-state index in [0.717, 1.165) is 43.6 Å². The normalized spacial score (nSPS) is 16.9. The fraction of sp³-hybridized carbons (Fsp3) is 0.433. The lowest BCUT2D eigenvalue weighted by molar-refractivity contribution is -0.178. The number of benzene rings is 2. The smallest absolute Gasteiger partial charge is 0.303 e. The molecule has 1 unspecified atom stereocenters. The third-order valence-corrected chi connectivity index (χ3v) is 6.73. The molecule has 10 nitrogen and oxygen atoms in total. The van der Waals surface area contributed by atoms with Crippen molar-refractivity contribution in [2.75, 3.05) is 24.5 Å². The number of rotatable bonds is 8. The average Bonchev–Trinajstić information content (AvgIpc) is 3.61. The van der Waals surface area contributed by atoms with Crippen LogP contribution < -0.4 is 10.2 Å². The number of esters is 2. The average molecular weight is 549 g/mol. The van der Waals surface area contributed by atoms with Crippen LogP contribution in [0.1, 0.15) is 50.8 Å². The molecule has 4 rings (SSSR count). The molecule has 1 saturated heterocycles. The summed E-state index contributed by atoms with van der Waals surface area (Å²) < 4.78 is 10.5. The molecule has 2 aromatic rings. The first-order valence-electron chi connectivity index (χ1n) is 13.5. The van der Waals surface area contributed by atoms with Gasteiger partial charge in [-0.15, -0.1) is 0 Å². The summed E-state index contributed by atoms with van der Waals surface area (Å²) in [4.78, 5) is 54.0. The highest BCUT2D eigenvalue weighted by molar-refractivity contribution is 5.93. The number of anilines is 1. The van der Waals surface area contributed by atoms with Crippen LogP contribution >= 0.6 is 0 Å². The van der Waals surface area contributed by atoms with E-state index in [0.29, 0.717) is 25.2 Å². The molecule has 2 heterocycles. The second-order valence-electron chi connectivity index (χ2n) is 9.50. The largest absolute Gasteiger partial charge is 0.448 e. The van der Waals surface area contributed by atoms with Gasteiger partial charge in [0.1, 0.15) is 6.07 Å². The zero-order valence-electron chi connectivity index (χ0n) is 23.4. The van der Waals surface area contributed by atoms with Gasteiger partial charge < -0.3 is 24.6 Å². The highest BCUT2D eigenvalue weighted by Gasteiger charge is 2.43. The fourth-order valence-corrected chi connectivity index (χ4v) is 4.93. The predicted octanol–water partition coefficient (Wildman–Crippen LogP) is 2.93. The number of nitriles is 1. The maximum atomic E-state index is 13.4. The van der Waals surface area contributed by atoms with Gasteiger partial charge in [0.15, 0.2) is 0 Å². The Morgan fingerprint density at radius 3 is 2.12 bits per heavy atom. The van der Waals surface area contributed by atoms with Crippen molar-refractivity contribution in [2.45, 2.75) is 59.4 Å². The van der Waals surface area contributed by atoms with Crippen molar-refractivity contribution >= 4 is 29.4 Å². The summed E-state index contributed by atoms with van der Waals surface area (Å²) in [5.41, 5.74) is 3.34. The van der Waals surface area contributed by atoms with E-state index in [4.69, 9.17) is 9.47 Å². The second kappa shape index (κ2) is 14.1. The first kappa shape index (κ1) is 30.2. The first-order valence-corrected chi connectivity index (χ1v) is 13.5. The van der Waals surface area contributed by atoms with Crippen LogP contribution in [0.5, 0.6) is 0 Å². The fourth-order valence-electron chi connectivity index (χ4n) is 4.93. The maximum Gasteiger partial charge on any atom is 0.303 e. The number of hydrogen-bond acceptors (Lipinski definition) is 8. The molecule has 0 aromatic heterocycles. The molecule has 40 heavy (non-hydrogen) atoms. The van der Waals surface area contributed by atoms with E-state index in [-0.39, 0.29) is 12.5 Å². The van der Waals surface area contributed by atoms with Gasteiger partial charge in [-0.05, 0) is 35.6 Å². The van der Waals surface area contributed by atoms with E-state index < -0.39 is 36.0 Å². The van der Waals surface area contributed by atoms with Crippen LogP contribution in [-0.4, -0.2) is 60.5 Å². The number of amides is 2. The van der Waals surface area contributed by atoms with Crippen molar-refractivity contribution in [1.29, 1.82) is 5.26 Å². The van der Waals surface area contributed by atoms with Crippen molar-refractivity contribution < 1.29 is 28.7 Å². The van der Waals surface area contributed by atoms with E-state index >= 15 is 0 Å². The van der Waals surface area contributed by atoms with Crippen LogP contribution in [0.25, 0.3) is 0 Å². The van der Waals surface area contributed by atoms with Gasteiger partial charge >= 0.3 is 11.9 Å². The lowest BCUT2D eigenvalue weighted by Crippen LogP contribution is -2.53. The number of fused-ring (bicyclic) bond motifs is 1. The van der Waals surface area contributed by atoms with Crippen LogP contribution in [0.2, 0.25) is 0 Å². The highest BCUT2D eigenvalue weighted by Crippen LogP contribution is 2.27. The molecule has 0 radical (unpaired) electrons. The van der Waals surface area contributed by atoms with Gasteiger partial charge in [0.25, 0.3) is 11.8 Å². The second-order valence-corrected chi connectivity index (χ2v) is 9.50. The monoisotopic (exact) mass is 548 g/mol. The Hall–Kier alpha value is -4.39. The van der Waals surface area contributed by atoms with E-state index in [1.807, 2.05) is 56.3 Å². The summed E-state index contributed by atoms with van der Waals surface area (Å²) >= 11 is 0. The number of para-hydroxylation sites is 1. The molecule has 0 aliphatic carbocycles. The summed E-state index contributed by atoms with van der Waals surface area (Å²) in [7, 11) is 0. The molecule has 10 heteroatoms. The lowest BCUT2D eigenvalue weighted by atomic mass is 10.1. The Morgan fingerprint density at radius 2 is 1.52 bits per heavy atom. The molecule has 1 fully saturated rings. The van der Waals surface area contributed by atoms with Crippen LogP contribution in [0.15, 0.2) is 48.5 Å². The number of carbonyl (C=O) groups excluding carboxylic acids is 4. The van der Waals surface area contributed by atoms with Gasteiger partial charge in [-0.3, -0.25) is 19.2 Å². The summed E-state index contributed by atoms with van der Waals surface area (Å²) in [5.74, 6) is -2.81. The molecule has 2 amide bonds. The molecular formula is C30H36N4O6. The minimum atomic E-state index is -1.63. The number of nitrogens with zero attached hydrogens (tertiary/aromatic N) is 3. The maximum absolute atomic E-state index is 13.4. The number of nitrogens with one attached hydrogen (secondary N) is 1. The van der Waals surface area contributed by atoms with E-state index in [1.165, 1.54) is 4.90 Å². The van der Waals surface area contributed by atoms with Crippen LogP contribution in [0.3, 0.4) is 0 Å². The Labute approximate surface area is 234 Å². The van der Waals surface area contributed by atoms with Crippen molar-refractivity contribution in [3.8, 4) is 6.07 Å². The summed E-state index contributed by atoms with van der Waals surface area (Å²) in [6.45, 7) is 8.45. The van der Waals surface area contributed by atoms with Crippen molar-refractivity contribution in [3.63, 3.8) is 0 Å². The van der Waals surface area contributed by atoms with Gasteiger partial charge in [-0.2, -0.15) is 5.26 Å². The van der Waals surface area contributed by atoms with Gasteiger partial charge in [-0.1, -0.05) is 50.2 Å². The topological polar surface area (TPSA) is 129 Å². The zero-order chi connectivity index (χ0) is 29.2. The molecule has 212 valence electrons. The minimum absolute atomic E-state index is 0.0691. The molecular weight excluding hydrogens is 512 g/mol. The molecule has 1 N–H and O–H groups in total. The third-order valence-electron chi connectivity index (χ3n) is 6.73. The molecule has 2 aliphatic rings. The van der Waals surface area contributed by atoms with Crippen LogP contribution in [0.4, 0.5) is 5.69 Å². The standard InChI is InChI=1S/C28H30N4O6.C2H6/c1-18(33)37-25(26(38-19(2)34)28(36)32-16-22-8-3-4-9-23(22)17-32)27(35)30-14-20-11-12-31(15-20)24-10-6-5-7-21(24)13-29;1-2/h3-10,20,25-26H,11-12,14-17H2,1-2H3,(H,30,35);1-2H3/t20?,25-,26-;/m1./s1. The molecule has 2 aromatic carbocycles. The Balaban J connectivity index is 0.00000216. The van der Waals surface area contributed by atoms with Gasteiger partial charge in [0, 0.05) is 46.6 Å². The van der Waals surface area contributed by atoms with Crippen molar-refractivity contribution in [2.24, 2.45) is 5.92 Å². The van der Waals surface area contributed by atoms with Crippen molar-refractivity contribution in [3.05, 3.63) is 65.2 Å². The number of ether oxygens (including phenoxy) is 2. The van der Waals surface area contributed by atoms with Gasteiger partial charge in [0.05, 0.1) is 11.3 Å². The zero-order valence-corrected chi connectivity index (χ0v) is 23.4. The van der Waals surface area contributed by atoms with Gasteiger partial charge in [0.2, 0.25) is 12.2 Å². The molecule has 0 saturated carbocycles. The lowest BCUT2D eigenvalue weighted by Gasteiger charge is -2.28. The third kappa shape index (κ3) is 7.38. The number of hydrogen-bond donors (Lipinski definition) is 1. The Bertz CT molecular complexity index is 1250. The SMILES string of the molecule is CC.CC(=O)O[C@@H](C(=O)NCC1CCN(c2ccccc2C#N)C1)[C@@H](OC(C)=O)C(=O)N1Cc2ccccc2C1. The summed E-state index contributed by atoms with van der Waals surface area (Å²) in [6.07, 6.45) is -2.48. The van der Waals surface area contributed by atoms with E-state index in [2.05, 4.69) is 16.3 Å². The molecule has 0 spiro atoms. The van der Waals surface area contributed by atoms with Gasteiger partial charge in [-0.25, -0.2) is 0 Å². The predicted molar refractivity (Wildman–Crippen MR) is 148 cm³/mol. The Kier molecular flexibility index (Phi) is 10.6. The Morgan fingerprint density at radius 1 is 0.950 bits per heavy atom. The van der Waals surface area contributed by atoms with Crippen LogP contribution in [-0.2, 0) is 41.7 Å².